The number of rotatable bonds is 28. The van der Waals surface area contributed by atoms with E-state index in [0.717, 1.165) is 50.9 Å². The lowest BCUT2D eigenvalue weighted by molar-refractivity contribution is -0.161. The van der Waals surface area contributed by atoms with E-state index in [4.69, 9.17) is 14.2 Å². The zero-order chi connectivity index (χ0) is 30.7. The Balaban J connectivity index is 1.99. The minimum absolute atomic E-state index is 0.0932. The molecule has 6 nitrogen and oxygen atoms in total. The average Bonchev–Trinajstić information content (AvgIpc) is 3.75. The lowest BCUT2D eigenvalue weighted by atomic mass is 10.00. The summed E-state index contributed by atoms with van der Waals surface area (Å²) in [7, 11) is 0. The van der Waals surface area contributed by atoms with Gasteiger partial charge in [-0.05, 0) is 57.3 Å². The Hall–Kier alpha value is -1.92. The number of esters is 2. The molecule has 0 aromatic heterocycles. The van der Waals surface area contributed by atoms with Gasteiger partial charge in [0.15, 0.2) is 6.10 Å². The van der Waals surface area contributed by atoms with Crippen LogP contribution in [0.1, 0.15) is 143 Å². The van der Waals surface area contributed by atoms with Gasteiger partial charge in [0.25, 0.3) is 0 Å². The smallest absolute Gasteiger partial charge is 0.306 e. The number of ether oxygens (including phenoxy) is 3. The van der Waals surface area contributed by atoms with E-state index in [1.54, 1.807) is 0 Å². The molecule has 0 amide bonds. The summed E-state index contributed by atoms with van der Waals surface area (Å²) >= 11 is 0. The van der Waals surface area contributed by atoms with E-state index in [9.17, 15) is 14.7 Å². The molecular formula is C36H62O6. The van der Waals surface area contributed by atoms with Crippen LogP contribution in [0.2, 0.25) is 0 Å². The van der Waals surface area contributed by atoms with Gasteiger partial charge in [0.2, 0.25) is 0 Å². The number of aliphatic hydroxyl groups excluding tert-OH is 1. The van der Waals surface area contributed by atoms with Crippen molar-refractivity contribution in [1.82, 2.24) is 0 Å². The Kier molecular flexibility index (Phi) is 24.2. The summed E-state index contributed by atoms with van der Waals surface area (Å²) in [6.45, 7) is 6.33. The van der Waals surface area contributed by atoms with E-state index in [1.165, 1.54) is 57.8 Å². The van der Waals surface area contributed by atoms with Crippen molar-refractivity contribution in [2.45, 2.75) is 161 Å². The molecule has 0 saturated carbocycles. The second-order valence-corrected chi connectivity index (χ2v) is 11.9. The van der Waals surface area contributed by atoms with Crippen LogP contribution >= 0.6 is 0 Å². The van der Waals surface area contributed by atoms with Crippen LogP contribution in [0.4, 0.5) is 0 Å². The summed E-state index contributed by atoms with van der Waals surface area (Å²) in [5, 5.41) is 9.51. The van der Waals surface area contributed by atoms with Crippen LogP contribution in [0.3, 0.4) is 0 Å². The van der Waals surface area contributed by atoms with E-state index >= 15 is 0 Å². The van der Waals surface area contributed by atoms with Crippen LogP contribution in [-0.2, 0) is 23.8 Å². The Labute approximate surface area is 257 Å². The molecule has 0 aromatic rings. The average molecular weight is 591 g/mol. The van der Waals surface area contributed by atoms with Crippen molar-refractivity contribution < 1.29 is 28.9 Å². The molecule has 1 aliphatic heterocycles. The van der Waals surface area contributed by atoms with Crippen molar-refractivity contribution in [1.29, 1.82) is 0 Å². The lowest BCUT2D eigenvalue weighted by Crippen LogP contribution is -2.28. The Morgan fingerprint density at radius 3 is 2.10 bits per heavy atom. The monoisotopic (exact) mass is 590 g/mol. The summed E-state index contributed by atoms with van der Waals surface area (Å²) in [4.78, 5) is 24.1. The first-order valence-electron chi connectivity index (χ1n) is 17.1. The lowest BCUT2D eigenvalue weighted by Gasteiger charge is -2.15. The first kappa shape index (κ1) is 38.1. The fraction of sp³-hybridized carbons (Fsp3) is 0.778. The van der Waals surface area contributed by atoms with Gasteiger partial charge in [-0.3, -0.25) is 9.59 Å². The molecule has 0 bridgehead atoms. The normalized spacial score (nSPS) is 18.2. The summed E-state index contributed by atoms with van der Waals surface area (Å²) in [5.74, 6) is 0.149. The van der Waals surface area contributed by atoms with Gasteiger partial charge in [-0.25, -0.2) is 0 Å². The van der Waals surface area contributed by atoms with Gasteiger partial charge in [-0.15, -0.1) is 0 Å². The van der Waals surface area contributed by atoms with Gasteiger partial charge in [-0.1, -0.05) is 115 Å². The molecule has 0 aromatic carbocycles. The Bertz CT molecular complexity index is 758. The van der Waals surface area contributed by atoms with E-state index in [1.807, 2.05) is 0 Å². The third-order valence-electron chi connectivity index (χ3n) is 7.88. The fourth-order valence-electron chi connectivity index (χ4n) is 4.74. The van der Waals surface area contributed by atoms with Gasteiger partial charge in [0, 0.05) is 12.8 Å². The molecule has 6 heteroatoms. The van der Waals surface area contributed by atoms with Crippen LogP contribution < -0.4 is 0 Å². The number of carbonyl (C=O) groups excluding carboxylic acids is 2. The molecule has 1 saturated heterocycles. The molecule has 1 aliphatic rings. The van der Waals surface area contributed by atoms with Gasteiger partial charge in [-0.2, -0.15) is 0 Å². The number of allylic oxidation sites excluding steroid dienone is 4. The molecule has 0 spiro atoms. The second kappa shape index (κ2) is 26.7. The SMILES string of the molecule is CCCCC/C=C\C/C=C\CC1OC1C/C=C\CCCC(=O)O[C@@H](CO)COC(=O)CCCCCCCCC(C)CC. The number of carbonyl (C=O) groups is 2. The van der Waals surface area contributed by atoms with Gasteiger partial charge in [0.1, 0.15) is 6.61 Å². The van der Waals surface area contributed by atoms with Crippen LogP contribution in [0, 0.1) is 5.92 Å². The van der Waals surface area contributed by atoms with Crippen molar-refractivity contribution in [2.24, 2.45) is 5.92 Å². The topological polar surface area (TPSA) is 85.4 Å². The van der Waals surface area contributed by atoms with Crippen molar-refractivity contribution in [3.05, 3.63) is 36.5 Å². The van der Waals surface area contributed by atoms with Crippen LogP contribution in [0.5, 0.6) is 0 Å². The van der Waals surface area contributed by atoms with Crippen LogP contribution in [0.15, 0.2) is 36.5 Å². The van der Waals surface area contributed by atoms with E-state index in [2.05, 4.69) is 57.2 Å². The maximum atomic E-state index is 12.1. The molecule has 3 unspecified atom stereocenters. The standard InChI is InChI=1S/C36H62O6/c1-4-6-7-8-9-10-11-15-20-25-33-34(42-33)26-21-17-18-23-28-36(39)41-32(29-37)30-40-35(38)27-22-16-13-12-14-19-24-31(3)5-2/h9-10,15,17,20-21,31-34,37H,4-8,11-14,16,18-19,22-30H2,1-3H3/b10-9-,20-15-,21-17-/t31?,32-,33?,34?/m0/s1. The number of aliphatic hydroxyl groups is 1. The molecule has 0 radical (unpaired) electrons. The Morgan fingerprint density at radius 2 is 1.38 bits per heavy atom. The zero-order valence-electron chi connectivity index (χ0n) is 27.1. The quantitative estimate of drug-likeness (QED) is 0.0424. The molecule has 1 heterocycles. The number of hydrogen-bond acceptors (Lipinski definition) is 6. The maximum absolute atomic E-state index is 12.1. The van der Waals surface area contributed by atoms with E-state index in [0.29, 0.717) is 25.0 Å². The first-order chi connectivity index (χ1) is 20.5. The van der Waals surface area contributed by atoms with Crippen molar-refractivity contribution in [3.63, 3.8) is 0 Å². The highest BCUT2D eigenvalue weighted by Crippen LogP contribution is 2.29. The molecule has 4 atom stereocenters. The van der Waals surface area contributed by atoms with Crippen molar-refractivity contribution >= 4 is 11.9 Å². The number of epoxide rings is 1. The molecular weight excluding hydrogens is 528 g/mol. The van der Waals surface area contributed by atoms with E-state index < -0.39 is 6.10 Å². The van der Waals surface area contributed by atoms with Crippen molar-refractivity contribution in [2.75, 3.05) is 13.2 Å². The van der Waals surface area contributed by atoms with Gasteiger partial charge in [0.05, 0.1) is 18.8 Å². The highest BCUT2D eigenvalue weighted by atomic mass is 16.6. The highest BCUT2D eigenvalue weighted by Gasteiger charge is 2.35. The minimum atomic E-state index is -0.803. The summed E-state index contributed by atoms with van der Waals surface area (Å²) in [6, 6.07) is 0. The van der Waals surface area contributed by atoms with Crippen LogP contribution in [-0.4, -0.2) is 48.6 Å². The highest BCUT2D eigenvalue weighted by molar-refractivity contribution is 5.70. The molecule has 1 rings (SSSR count). The number of hydrogen-bond donors (Lipinski definition) is 1. The largest absolute Gasteiger partial charge is 0.462 e. The third-order valence-corrected chi connectivity index (χ3v) is 7.88. The number of unbranched alkanes of at least 4 members (excludes halogenated alkanes) is 9. The maximum Gasteiger partial charge on any atom is 0.306 e. The molecule has 1 N–H and O–H groups in total. The molecule has 0 aliphatic carbocycles. The van der Waals surface area contributed by atoms with Crippen molar-refractivity contribution in [3.8, 4) is 0 Å². The van der Waals surface area contributed by atoms with Gasteiger partial charge >= 0.3 is 11.9 Å². The third kappa shape index (κ3) is 22.6. The van der Waals surface area contributed by atoms with E-state index in [-0.39, 0.29) is 31.6 Å². The molecule has 242 valence electrons. The summed E-state index contributed by atoms with van der Waals surface area (Å²) < 4.78 is 16.2. The fourth-order valence-corrected chi connectivity index (χ4v) is 4.74. The minimum Gasteiger partial charge on any atom is -0.462 e. The predicted molar refractivity (Wildman–Crippen MR) is 172 cm³/mol. The molecule has 42 heavy (non-hydrogen) atoms. The predicted octanol–water partition coefficient (Wildman–Crippen LogP) is 8.96. The summed E-state index contributed by atoms with van der Waals surface area (Å²) in [5.41, 5.74) is 0. The Morgan fingerprint density at radius 1 is 0.762 bits per heavy atom. The van der Waals surface area contributed by atoms with Gasteiger partial charge < -0.3 is 19.3 Å². The second-order valence-electron chi connectivity index (χ2n) is 11.9. The van der Waals surface area contributed by atoms with Crippen LogP contribution in [0.25, 0.3) is 0 Å². The zero-order valence-corrected chi connectivity index (χ0v) is 27.1. The first-order valence-corrected chi connectivity index (χ1v) is 17.1. The molecule has 1 fully saturated rings. The summed E-state index contributed by atoms with van der Waals surface area (Å²) in [6.07, 6.45) is 32.3.